The number of aromatic nitrogens is 3. The second-order valence-corrected chi connectivity index (χ2v) is 8.46. The molecule has 2 aromatic carbocycles. The van der Waals surface area contributed by atoms with Crippen LogP contribution in [0.3, 0.4) is 0 Å². The van der Waals surface area contributed by atoms with E-state index in [1.807, 2.05) is 34.9 Å². The van der Waals surface area contributed by atoms with Gasteiger partial charge in [0, 0.05) is 17.1 Å². The summed E-state index contributed by atoms with van der Waals surface area (Å²) in [5.74, 6) is 2.44. The molecule has 1 aromatic heterocycles. The zero-order valence-electron chi connectivity index (χ0n) is 17.0. The van der Waals surface area contributed by atoms with Crippen LogP contribution in [0.2, 0.25) is 0 Å². The quantitative estimate of drug-likeness (QED) is 0.361. The smallest absolute Gasteiger partial charge is 0.234 e. The molecule has 0 aliphatic heterocycles. The summed E-state index contributed by atoms with van der Waals surface area (Å²) in [6.45, 7) is 6.50. The van der Waals surface area contributed by atoms with E-state index < -0.39 is 0 Å². The summed E-state index contributed by atoms with van der Waals surface area (Å²) in [5, 5.41) is 12.2. The van der Waals surface area contributed by atoms with Gasteiger partial charge in [-0.1, -0.05) is 35.5 Å². The predicted octanol–water partition coefficient (Wildman–Crippen LogP) is 4.80. The van der Waals surface area contributed by atoms with Crippen LogP contribution in [0.25, 0.3) is 0 Å². The molecule has 1 N–H and O–H groups in total. The number of aryl methyl sites for hydroxylation is 1. The van der Waals surface area contributed by atoms with Gasteiger partial charge in [0.25, 0.3) is 0 Å². The summed E-state index contributed by atoms with van der Waals surface area (Å²) in [7, 11) is 1.61. The molecular weight excluding hydrogens is 416 g/mol. The van der Waals surface area contributed by atoms with E-state index >= 15 is 0 Å². The number of ether oxygens (including phenoxy) is 1. The molecule has 156 valence electrons. The van der Waals surface area contributed by atoms with Crippen molar-refractivity contribution < 1.29 is 9.53 Å². The van der Waals surface area contributed by atoms with Crippen LogP contribution >= 0.6 is 23.5 Å². The highest BCUT2D eigenvalue weighted by Gasteiger charge is 2.14. The number of hydrogen-bond donors (Lipinski definition) is 1. The van der Waals surface area contributed by atoms with Gasteiger partial charge < -0.3 is 14.6 Å². The molecule has 1 amide bonds. The van der Waals surface area contributed by atoms with Crippen LogP contribution in [0.15, 0.2) is 71.2 Å². The van der Waals surface area contributed by atoms with E-state index in [1.165, 1.54) is 22.2 Å². The number of anilines is 1. The molecule has 8 heteroatoms. The molecule has 6 nitrogen and oxygen atoms in total. The van der Waals surface area contributed by atoms with Crippen LogP contribution < -0.4 is 10.1 Å². The average molecular weight is 441 g/mol. The first kappa shape index (κ1) is 22.0. The maximum Gasteiger partial charge on any atom is 0.234 e. The highest BCUT2D eigenvalue weighted by Crippen LogP contribution is 2.25. The third-order valence-corrected chi connectivity index (χ3v) is 6.17. The van der Waals surface area contributed by atoms with Gasteiger partial charge in [0.1, 0.15) is 11.6 Å². The highest BCUT2D eigenvalue weighted by atomic mass is 32.2. The summed E-state index contributed by atoms with van der Waals surface area (Å²) >= 11 is 3.07. The third-order valence-electron chi connectivity index (χ3n) is 4.20. The second kappa shape index (κ2) is 10.9. The molecule has 1 heterocycles. The number of allylic oxidation sites excluding steroid dienone is 1. The topological polar surface area (TPSA) is 69.0 Å². The van der Waals surface area contributed by atoms with E-state index in [0.29, 0.717) is 17.5 Å². The Morgan fingerprint density at radius 1 is 1.13 bits per heavy atom. The summed E-state index contributed by atoms with van der Waals surface area (Å²) in [5.41, 5.74) is 1.96. The normalized spacial score (nSPS) is 10.6. The standard InChI is InChI=1S/C22H24N4O2S2/c1-4-13-26-20(14-29-19-11-5-16(2)6-12-19)24-25-22(26)30-15-21(27)23-17-7-9-18(28-3)10-8-17/h4-12H,1,13-15H2,2-3H3,(H,23,27). The van der Waals surface area contributed by atoms with E-state index in [-0.39, 0.29) is 11.7 Å². The van der Waals surface area contributed by atoms with Gasteiger partial charge in [-0.25, -0.2) is 0 Å². The van der Waals surface area contributed by atoms with Crippen LogP contribution in [-0.2, 0) is 17.1 Å². The lowest BCUT2D eigenvalue weighted by Gasteiger charge is -2.08. The Kier molecular flexibility index (Phi) is 7.98. The van der Waals surface area contributed by atoms with Crippen molar-refractivity contribution in [2.75, 3.05) is 18.2 Å². The molecule has 0 saturated heterocycles. The predicted molar refractivity (Wildman–Crippen MR) is 123 cm³/mol. The first-order chi connectivity index (χ1) is 14.6. The molecule has 0 aliphatic rings. The Balaban J connectivity index is 1.58. The van der Waals surface area contributed by atoms with Gasteiger partial charge >= 0.3 is 0 Å². The van der Waals surface area contributed by atoms with Crippen LogP contribution in [-0.4, -0.2) is 33.5 Å². The van der Waals surface area contributed by atoms with Gasteiger partial charge in [-0.2, -0.15) is 0 Å². The molecule has 0 spiro atoms. The van der Waals surface area contributed by atoms with Gasteiger partial charge in [0.2, 0.25) is 5.91 Å². The maximum absolute atomic E-state index is 12.3. The Bertz CT molecular complexity index is 985. The fraction of sp³-hybridized carbons (Fsp3) is 0.227. The summed E-state index contributed by atoms with van der Waals surface area (Å²) in [6.07, 6.45) is 1.81. The molecule has 0 fully saturated rings. The molecular formula is C22H24N4O2S2. The van der Waals surface area contributed by atoms with Gasteiger partial charge in [-0.15, -0.1) is 28.5 Å². The summed E-state index contributed by atoms with van der Waals surface area (Å²) in [6, 6.07) is 15.6. The van der Waals surface area contributed by atoms with Gasteiger partial charge in [-0.3, -0.25) is 4.79 Å². The molecule has 3 aromatic rings. The van der Waals surface area contributed by atoms with Crippen molar-refractivity contribution in [2.45, 2.75) is 29.3 Å². The fourth-order valence-corrected chi connectivity index (χ4v) is 4.23. The number of thioether (sulfide) groups is 2. The number of hydrogen-bond acceptors (Lipinski definition) is 6. The van der Waals surface area contributed by atoms with Crippen molar-refractivity contribution in [1.29, 1.82) is 0 Å². The lowest BCUT2D eigenvalue weighted by molar-refractivity contribution is -0.113. The number of carbonyl (C=O) groups excluding carboxylic acids is 1. The molecule has 3 rings (SSSR count). The average Bonchev–Trinajstić information content (AvgIpc) is 3.14. The summed E-state index contributed by atoms with van der Waals surface area (Å²) in [4.78, 5) is 13.5. The second-order valence-electron chi connectivity index (χ2n) is 6.47. The minimum Gasteiger partial charge on any atom is -0.497 e. The van der Waals surface area contributed by atoms with Crippen LogP contribution in [0.1, 0.15) is 11.4 Å². The molecule has 0 unspecified atom stereocenters. The lowest BCUT2D eigenvalue weighted by Crippen LogP contribution is -2.14. The molecule has 0 aliphatic carbocycles. The minimum atomic E-state index is -0.103. The van der Waals surface area contributed by atoms with Gasteiger partial charge in [0.15, 0.2) is 5.16 Å². The van der Waals surface area contributed by atoms with Crippen LogP contribution in [0.5, 0.6) is 5.75 Å². The fourth-order valence-electron chi connectivity index (χ4n) is 2.63. The SMILES string of the molecule is C=CCn1c(CSc2ccc(C)cc2)nnc1SCC(=O)Nc1ccc(OC)cc1. The molecule has 30 heavy (non-hydrogen) atoms. The lowest BCUT2D eigenvalue weighted by atomic mass is 10.2. The number of carbonyl (C=O) groups is 1. The van der Waals surface area contributed by atoms with E-state index in [1.54, 1.807) is 18.9 Å². The molecule has 0 saturated carbocycles. The molecule has 0 bridgehead atoms. The number of nitrogens with zero attached hydrogens (tertiary/aromatic N) is 3. The third kappa shape index (κ3) is 6.14. The maximum atomic E-state index is 12.3. The Labute approximate surface area is 185 Å². The Hall–Kier alpha value is -2.71. The van der Waals surface area contributed by atoms with Gasteiger partial charge in [0.05, 0.1) is 18.6 Å². The monoisotopic (exact) mass is 440 g/mol. The first-order valence-electron chi connectivity index (χ1n) is 9.38. The van der Waals surface area contributed by atoms with Crippen molar-refractivity contribution in [3.63, 3.8) is 0 Å². The van der Waals surface area contributed by atoms with E-state index in [9.17, 15) is 4.79 Å². The van der Waals surface area contributed by atoms with Crippen LogP contribution in [0, 0.1) is 6.92 Å². The highest BCUT2D eigenvalue weighted by molar-refractivity contribution is 7.99. The zero-order chi connectivity index (χ0) is 21.3. The number of amides is 1. The first-order valence-corrected chi connectivity index (χ1v) is 11.4. The number of methoxy groups -OCH3 is 1. The number of rotatable bonds is 10. The Morgan fingerprint density at radius 2 is 1.87 bits per heavy atom. The number of benzene rings is 2. The van der Waals surface area contributed by atoms with E-state index in [0.717, 1.165) is 17.3 Å². The minimum absolute atomic E-state index is 0.103. The molecule has 0 atom stereocenters. The van der Waals surface area contributed by atoms with Crippen molar-refractivity contribution in [1.82, 2.24) is 14.8 Å². The van der Waals surface area contributed by atoms with Crippen molar-refractivity contribution in [3.05, 3.63) is 72.6 Å². The van der Waals surface area contributed by atoms with Crippen molar-refractivity contribution in [3.8, 4) is 5.75 Å². The zero-order valence-corrected chi connectivity index (χ0v) is 18.6. The van der Waals surface area contributed by atoms with Gasteiger partial charge in [-0.05, 0) is 43.3 Å². The van der Waals surface area contributed by atoms with Crippen LogP contribution in [0.4, 0.5) is 5.69 Å². The number of nitrogens with one attached hydrogen (secondary N) is 1. The van der Waals surface area contributed by atoms with E-state index in [4.69, 9.17) is 4.74 Å². The molecule has 0 radical (unpaired) electrons. The van der Waals surface area contributed by atoms with Crippen molar-refractivity contribution in [2.24, 2.45) is 0 Å². The Morgan fingerprint density at radius 3 is 2.53 bits per heavy atom. The summed E-state index contributed by atoms with van der Waals surface area (Å²) < 4.78 is 7.13. The van der Waals surface area contributed by atoms with E-state index in [2.05, 4.69) is 53.3 Å². The largest absolute Gasteiger partial charge is 0.497 e. The van der Waals surface area contributed by atoms with Crippen molar-refractivity contribution >= 4 is 35.1 Å².